The van der Waals surface area contributed by atoms with Crippen LogP contribution in [0.3, 0.4) is 0 Å². The van der Waals surface area contributed by atoms with Gasteiger partial charge in [-0.05, 0) is 20.8 Å². The highest BCUT2D eigenvalue weighted by Crippen LogP contribution is 2.05. The van der Waals surface area contributed by atoms with Crippen molar-refractivity contribution in [3.63, 3.8) is 0 Å². The topological polar surface area (TPSA) is 50.4 Å². The summed E-state index contributed by atoms with van der Waals surface area (Å²) >= 11 is 0. The van der Waals surface area contributed by atoms with Gasteiger partial charge in [0.1, 0.15) is 0 Å². The molecule has 0 aliphatic carbocycles. The normalized spacial score (nSPS) is 13.0. The number of carbonyl (C=O) groups excluding carboxylic acids is 1. The van der Waals surface area contributed by atoms with Crippen LogP contribution < -0.4 is 10.6 Å². The Morgan fingerprint density at radius 3 is 2.67 bits per heavy atom. The van der Waals surface area contributed by atoms with E-state index in [9.17, 15) is 4.79 Å². The molecule has 0 radical (unpaired) electrons. The number of hydrogen-bond donors (Lipinski definition) is 2. The molecule has 4 heteroatoms. The van der Waals surface area contributed by atoms with Gasteiger partial charge in [0.15, 0.2) is 0 Å². The van der Waals surface area contributed by atoms with Crippen molar-refractivity contribution in [1.82, 2.24) is 10.6 Å². The van der Waals surface area contributed by atoms with Gasteiger partial charge in [-0.25, -0.2) is 0 Å². The molecule has 0 fully saturated rings. The summed E-state index contributed by atoms with van der Waals surface area (Å²) in [4.78, 5) is 11.4. The summed E-state index contributed by atoms with van der Waals surface area (Å²) in [5.41, 5.74) is -0.277. The van der Waals surface area contributed by atoms with E-state index >= 15 is 0 Å². The second-order valence-corrected chi connectivity index (χ2v) is 3.99. The molecule has 2 N–H and O–H groups in total. The number of amides is 1. The monoisotopic (exact) mass is 212 g/mol. The van der Waals surface area contributed by atoms with Crippen LogP contribution in [0.2, 0.25) is 0 Å². The average Bonchev–Trinajstić information content (AvgIpc) is 2.22. The molecule has 1 unspecified atom stereocenters. The van der Waals surface area contributed by atoms with E-state index in [4.69, 9.17) is 11.2 Å². The van der Waals surface area contributed by atoms with Crippen LogP contribution in [-0.2, 0) is 9.53 Å². The quantitative estimate of drug-likeness (QED) is 0.616. The zero-order valence-electron chi connectivity index (χ0n) is 9.89. The summed E-state index contributed by atoms with van der Waals surface area (Å²) in [7, 11) is 1.64. The number of methoxy groups -OCH3 is 1. The Labute approximate surface area is 91.8 Å². The minimum Gasteiger partial charge on any atom is -0.377 e. The maximum Gasteiger partial charge on any atom is 0.237 e. The largest absolute Gasteiger partial charge is 0.377 e. The van der Waals surface area contributed by atoms with Crippen molar-refractivity contribution in [2.24, 2.45) is 0 Å². The van der Waals surface area contributed by atoms with Gasteiger partial charge >= 0.3 is 0 Å². The van der Waals surface area contributed by atoms with Crippen molar-refractivity contribution in [3.8, 4) is 12.3 Å². The Hall–Kier alpha value is -1.05. The Morgan fingerprint density at radius 2 is 2.20 bits per heavy atom. The second-order valence-electron chi connectivity index (χ2n) is 3.99. The standard InChI is InChI=1S/C11H20N2O2/c1-6-7-12-10(14)9(2)13-8-11(3,4)15-5/h1,9,13H,7-8H2,2-5H3,(H,12,14). The first kappa shape index (κ1) is 13.9. The van der Waals surface area contributed by atoms with Crippen molar-refractivity contribution in [1.29, 1.82) is 0 Å². The fourth-order valence-corrected chi connectivity index (χ4v) is 0.855. The molecule has 0 heterocycles. The van der Waals surface area contributed by atoms with E-state index < -0.39 is 0 Å². The van der Waals surface area contributed by atoms with Gasteiger partial charge in [-0.2, -0.15) is 0 Å². The van der Waals surface area contributed by atoms with E-state index in [-0.39, 0.29) is 24.1 Å². The molecule has 0 saturated carbocycles. The van der Waals surface area contributed by atoms with Gasteiger partial charge in [0.25, 0.3) is 0 Å². The summed E-state index contributed by atoms with van der Waals surface area (Å²) < 4.78 is 5.22. The van der Waals surface area contributed by atoms with Gasteiger partial charge in [0, 0.05) is 13.7 Å². The maximum atomic E-state index is 11.4. The number of rotatable bonds is 6. The van der Waals surface area contributed by atoms with E-state index in [0.717, 1.165) is 0 Å². The fraction of sp³-hybridized carbons (Fsp3) is 0.727. The lowest BCUT2D eigenvalue weighted by Gasteiger charge is -2.25. The third-order valence-corrected chi connectivity index (χ3v) is 2.14. The van der Waals surface area contributed by atoms with E-state index in [2.05, 4.69) is 16.6 Å². The molecule has 0 aliphatic heterocycles. The molecule has 0 aromatic heterocycles. The number of ether oxygens (including phenoxy) is 1. The fourth-order valence-electron chi connectivity index (χ4n) is 0.855. The highest BCUT2D eigenvalue weighted by Gasteiger charge is 2.19. The molecule has 1 amide bonds. The molecular formula is C11H20N2O2. The lowest BCUT2D eigenvalue weighted by Crippen LogP contribution is -2.47. The highest BCUT2D eigenvalue weighted by atomic mass is 16.5. The lowest BCUT2D eigenvalue weighted by atomic mass is 10.1. The van der Waals surface area contributed by atoms with Crippen molar-refractivity contribution in [3.05, 3.63) is 0 Å². The van der Waals surface area contributed by atoms with Crippen molar-refractivity contribution in [2.45, 2.75) is 32.4 Å². The predicted octanol–water partition coefficient (Wildman–Crippen LogP) is 0.139. The van der Waals surface area contributed by atoms with Crippen LogP contribution in [0.4, 0.5) is 0 Å². The zero-order chi connectivity index (χ0) is 11.9. The van der Waals surface area contributed by atoms with Crippen LogP contribution in [-0.4, -0.2) is 37.7 Å². The average molecular weight is 212 g/mol. The van der Waals surface area contributed by atoms with E-state index in [0.29, 0.717) is 6.54 Å². The molecule has 86 valence electrons. The van der Waals surface area contributed by atoms with Crippen LogP contribution in [0.25, 0.3) is 0 Å². The molecule has 0 bridgehead atoms. The van der Waals surface area contributed by atoms with Crippen LogP contribution in [0.15, 0.2) is 0 Å². The first-order valence-corrected chi connectivity index (χ1v) is 4.92. The van der Waals surface area contributed by atoms with Crippen LogP contribution in [0, 0.1) is 12.3 Å². The molecule has 1 atom stereocenters. The second kappa shape index (κ2) is 6.44. The predicted molar refractivity (Wildman–Crippen MR) is 60.4 cm³/mol. The molecule has 0 aromatic carbocycles. The summed E-state index contributed by atoms with van der Waals surface area (Å²) in [6, 6.07) is -0.271. The molecule has 0 spiro atoms. The number of carbonyl (C=O) groups is 1. The van der Waals surface area contributed by atoms with Crippen LogP contribution in [0.5, 0.6) is 0 Å². The molecule has 15 heavy (non-hydrogen) atoms. The smallest absolute Gasteiger partial charge is 0.237 e. The Morgan fingerprint density at radius 1 is 1.60 bits per heavy atom. The minimum atomic E-state index is -0.277. The summed E-state index contributed by atoms with van der Waals surface area (Å²) in [6.45, 7) is 6.56. The SMILES string of the molecule is C#CCNC(=O)C(C)NCC(C)(C)OC. The first-order chi connectivity index (χ1) is 6.93. The summed E-state index contributed by atoms with van der Waals surface area (Å²) in [5.74, 6) is 2.26. The van der Waals surface area contributed by atoms with E-state index in [1.165, 1.54) is 0 Å². The third-order valence-electron chi connectivity index (χ3n) is 2.14. The highest BCUT2D eigenvalue weighted by molar-refractivity contribution is 5.81. The first-order valence-electron chi connectivity index (χ1n) is 4.92. The van der Waals surface area contributed by atoms with E-state index in [1.807, 2.05) is 13.8 Å². The van der Waals surface area contributed by atoms with Gasteiger partial charge in [0.2, 0.25) is 5.91 Å². The maximum absolute atomic E-state index is 11.4. The Bertz CT molecular complexity index is 243. The third kappa shape index (κ3) is 6.10. The van der Waals surface area contributed by atoms with Gasteiger partial charge in [-0.3, -0.25) is 4.79 Å². The van der Waals surface area contributed by atoms with Crippen molar-refractivity contribution >= 4 is 5.91 Å². The molecule has 4 nitrogen and oxygen atoms in total. The van der Waals surface area contributed by atoms with Crippen molar-refractivity contribution in [2.75, 3.05) is 20.2 Å². The molecule has 0 rings (SSSR count). The summed E-state index contributed by atoms with van der Waals surface area (Å²) in [6.07, 6.45) is 5.04. The van der Waals surface area contributed by atoms with E-state index in [1.54, 1.807) is 14.0 Å². The van der Waals surface area contributed by atoms with Crippen molar-refractivity contribution < 1.29 is 9.53 Å². The molecule has 0 saturated heterocycles. The minimum absolute atomic E-state index is 0.0974. The summed E-state index contributed by atoms with van der Waals surface area (Å²) in [5, 5.41) is 5.68. The van der Waals surface area contributed by atoms with Gasteiger partial charge in [-0.1, -0.05) is 5.92 Å². The lowest BCUT2D eigenvalue weighted by molar-refractivity contribution is -0.122. The molecule has 0 aromatic rings. The van der Waals surface area contributed by atoms with Gasteiger partial charge in [0.05, 0.1) is 18.2 Å². The van der Waals surface area contributed by atoms with Crippen LogP contribution in [0.1, 0.15) is 20.8 Å². The number of terminal acetylenes is 1. The van der Waals surface area contributed by atoms with Crippen LogP contribution >= 0.6 is 0 Å². The molecule has 0 aliphatic rings. The molecular weight excluding hydrogens is 192 g/mol. The zero-order valence-corrected chi connectivity index (χ0v) is 9.89. The Balaban J connectivity index is 3.88. The Kier molecular flexibility index (Phi) is 5.99. The van der Waals surface area contributed by atoms with Gasteiger partial charge < -0.3 is 15.4 Å². The number of nitrogens with one attached hydrogen (secondary N) is 2. The van der Waals surface area contributed by atoms with Gasteiger partial charge in [-0.15, -0.1) is 6.42 Å². The number of hydrogen-bond acceptors (Lipinski definition) is 3.